The Labute approximate surface area is 120 Å². The summed E-state index contributed by atoms with van der Waals surface area (Å²) in [5, 5.41) is 10.8. The number of carbonyl (C=O) groups excluding carboxylic acids is 1. The second-order valence-corrected chi connectivity index (χ2v) is 6.55. The summed E-state index contributed by atoms with van der Waals surface area (Å²) in [7, 11) is -5.69. The molecule has 1 aromatic rings. The Kier molecular flexibility index (Phi) is 4.83. The summed E-state index contributed by atoms with van der Waals surface area (Å²) >= 11 is 0.618. The molecule has 0 saturated carbocycles. The first kappa shape index (κ1) is 17.2. The zero-order valence-electron chi connectivity index (χ0n) is 9.96. The molecule has 0 aliphatic rings. The van der Waals surface area contributed by atoms with Gasteiger partial charge in [0.2, 0.25) is 5.91 Å². The summed E-state index contributed by atoms with van der Waals surface area (Å²) in [5.41, 5.74) is -1.57. The van der Waals surface area contributed by atoms with Gasteiger partial charge in [0.1, 0.15) is 0 Å². The number of hydrogen-bond donors (Lipinski definition) is 1. The zero-order valence-corrected chi connectivity index (χ0v) is 11.6. The maximum Gasteiger partial charge on any atom is 0.501 e. The average Bonchev–Trinajstić information content (AvgIpc) is 2.34. The lowest BCUT2D eigenvalue weighted by Gasteiger charge is -2.09. The van der Waals surface area contributed by atoms with Crippen LogP contribution in [0.3, 0.4) is 0 Å². The van der Waals surface area contributed by atoms with Crippen LogP contribution in [0.1, 0.15) is 0 Å². The first-order valence-electron chi connectivity index (χ1n) is 4.97. The van der Waals surface area contributed by atoms with Crippen LogP contribution in [0, 0.1) is 10.1 Å². The molecule has 0 aromatic heterocycles. The zero-order chi connectivity index (χ0) is 16.4. The highest BCUT2D eigenvalue weighted by Gasteiger charge is 2.47. The Morgan fingerprint density at radius 2 is 1.95 bits per heavy atom. The van der Waals surface area contributed by atoms with E-state index in [4.69, 9.17) is 5.73 Å². The number of carbonyl (C=O) groups is 1. The Morgan fingerprint density at radius 1 is 1.38 bits per heavy atom. The lowest BCUT2D eigenvalue weighted by Crippen LogP contribution is -2.23. The normalized spacial score (nSPS) is 12.1. The number of nitrogens with zero attached hydrogens (tertiary/aromatic N) is 1. The van der Waals surface area contributed by atoms with E-state index in [2.05, 4.69) is 0 Å². The molecule has 21 heavy (non-hydrogen) atoms. The highest BCUT2D eigenvalue weighted by molar-refractivity contribution is 8.00. The number of sulfone groups is 1. The molecule has 0 aliphatic heterocycles. The van der Waals surface area contributed by atoms with Crippen LogP contribution in [0.5, 0.6) is 0 Å². The molecular formula is C9H7F3N2O5S2. The van der Waals surface area contributed by atoms with Gasteiger partial charge in [-0.15, -0.1) is 11.8 Å². The number of alkyl halides is 3. The third-order valence-electron chi connectivity index (χ3n) is 2.11. The van der Waals surface area contributed by atoms with Gasteiger partial charge in [0.15, 0.2) is 0 Å². The molecule has 1 amide bonds. The number of benzene rings is 1. The van der Waals surface area contributed by atoms with Crippen LogP contribution in [0.4, 0.5) is 18.9 Å². The molecule has 0 aliphatic carbocycles. The van der Waals surface area contributed by atoms with Gasteiger partial charge in [-0.3, -0.25) is 14.9 Å². The van der Waals surface area contributed by atoms with E-state index in [1.807, 2.05) is 0 Å². The SMILES string of the molecule is NC(=O)CSc1ccc(S(=O)(=O)C(F)(F)F)cc1[N+](=O)[O-]. The van der Waals surface area contributed by atoms with Gasteiger partial charge in [-0.25, -0.2) is 8.42 Å². The quantitative estimate of drug-likeness (QED) is 0.490. The van der Waals surface area contributed by atoms with Crippen molar-refractivity contribution in [2.24, 2.45) is 5.73 Å². The molecule has 116 valence electrons. The fourth-order valence-corrected chi connectivity index (χ4v) is 2.74. The van der Waals surface area contributed by atoms with Crippen LogP contribution >= 0.6 is 11.8 Å². The lowest BCUT2D eigenvalue weighted by molar-refractivity contribution is -0.388. The van der Waals surface area contributed by atoms with E-state index < -0.39 is 36.8 Å². The van der Waals surface area contributed by atoms with Crippen LogP contribution < -0.4 is 5.73 Å². The van der Waals surface area contributed by atoms with E-state index in [1.165, 1.54) is 0 Å². The molecule has 1 rings (SSSR count). The van der Waals surface area contributed by atoms with E-state index in [1.54, 1.807) is 0 Å². The minimum atomic E-state index is -5.69. The minimum Gasteiger partial charge on any atom is -0.369 e. The molecule has 0 atom stereocenters. The molecule has 12 heteroatoms. The number of halogens is 3. The first-order valence-corrected chi connectivity index (χ1v) is 7.44. The average molecular weight is 344 g/mol. The first-order chi connectivity index (χ1) is 9.46. The monoisotopic (exact) mass is 344 g/mol. The number of nitro benzene ring substituents is 1. The van der Waals surface area contributed by atoms with E-state index in [9.17, 15) is 36.5 Å². The number of thioether (sulfide) groups is 1. The van der Waals surface area contributed by atoms with Crippen molar-refractivity contribution in [1.29, 1.82) is 0 Å². The summed E-state index contributed by atoms with van der Waals surface area (Å²) in [4.78, 5) is 18.9. The second-order valence-electron chi connectivity index (χ2n) is 3.59. The van der Waals surface area contributed by atoms with E-state index in [-0.39, 0.29) is 10.6 Å². The Balaban J connectivity index is 3.34. The third kappa shape index (κ3) is 3.85. The van der Waals surface area contributed by atoms with Gasteiger partial charge in [-0.1, -0.05) is 0 Å². The van der Waals surface area contributed by atoms with Crippen molar-refractivity contribution < 1.29 is 31.3 Å². The molecule has 2 N–H and O–H groups in total. The summed E-state index contributed by atoms with van der Waals surface area (Å²) in [5.74, 6) is -1.13. The Hall–Kier alpha value is -1.82. The lowest BCUT2D eigenvalue weighted by atomic mass is 10.3. The number of primary amides is 1. The van der Waals surface area contributed by atoms with Crippen molar-refractivity contribution >= 4 is 33.2 Å². The van der Waals surface area contributed by atoms with E-state index in [0.717, 1.165) is 6.07 Å². The summed E-state index contributed by atoms with van der Waals surface area (Å²) in [6, 6.07) is 1.70. The Morgan fingerprint density at radius 3 is 2.38 bits per heavy atom. The maximum atomic E-state index is 12.4. The van der Waals surface area contributed by atoms with E-state index >= 15 is 0 Å². The topological polar surface area (TPSA) is 120 Å². The number of nitro groups is 1. The van der Waals surface area contributed by atoms with Crippen molar-refractivity contribution in [3.63, 3.8) is 0 Å². The minimum absolute atomic E-state index is 0.167. The Bertz CT molecular complexity index is 687. The smallest absolute Gasteiger partial charge is 0.369 e. The van der Waals surface area contributed by atoms with E-state index in [0.29, 0.717) is 23.9 Å². The van der Waals surface area contributed by atoms with Gasteiger partial charge in [-0.2, -0.15) is 13.2 Å². The maximum absolute atomic E-state index is 12.4. The van der Waals surface area contributed by atoms with Gasteiger partial charge in [0.05, 0.1) is 20.5 Å². The van der Waals surface area contributed by atoms with Crippen molar-refractivity contribution in [3.05, 3.63) is 28.3 Å². The van der Waals surface area contributed by atoms with Crippen molar-refractivity contribution in [3.8, 4) is 0 Å². The molecule has 0 saturated heterocycles. The van der Waals surface area contributed by atoms with Crippen molar-refractivity contribution in [2.75, 3.05) is 5.75 Å². The van der Waals surface area contributed by atoms with Crippen molar-refractivity contribution in [1.82, 2.24) is 0 Å². The molecule has 0 bridgehead atoms. The summed E-state index contributed by atoms with van der Waals surface area (Å²) < 4.78 is 59.5. The van der Waals surface area contributed by atoms with Crippen LogP contribution in [-0.4, -0.2) is 30.5 Å². The number of nitrogens with two attached hydrogens (primary N) is 1. The molecule has 1 aromatic carbocycles. The van der Waals surface area contributed by atoms with Crippen LogP contribution in [0.2, 0.25) is 0 Å². The standard InChI is InChI=1S/C9H7F3N2O5S2/c10-9(11,12)21(18,19)5-1-2-7(20-4-8(13)15)6(3-5)14(16)17/h1-3H,4H2,(H2,13,15). The molecule has 0 radical (unpaired) electrons. The number of rotatable bonds is 5. The van der Waals surface area contributed by atoms with Gasteiger partial charge in [0.25, 0.3) is 15.5 Å². The predicted octanol–water partition coefficient (Wildman–Crippen LogP) is 1.47. The highest BCUT2D eigenvalue weighted by Crippen LogP contribution is 2.36. The van der Waals surface area contributed by atoms with Crippen LogP contribution in [0.25, 0.3) is 0 Å². The fourth-order valence-electron chi connectivity index (χ4n) is 1.21. The fraction of sp³-hybridized carbons (Fsp3) is 0.222. The second kappa shape index (κ2) is 5.89. The molecule has 0 unspecified atom stereocenters. The number of hydrogen-bond acceptors (Lipinski definition) is 6. The molecular weight excluding hydrogens is 337 g/mol. The number of amides is 1. The van der Waals surface area contributed by atoms with Gasteiger partial charge in [0, 0.05) is 6.07 Å². The third-order valence-corrected chi connectivity index (χ3v) is 4.68. The van der Waals surface area contributed by atoms with Gasteiger partial charge < -0.3 is 5.73 Å². The van der Waals surface area contributed by atoms with Gasteiger partial charge in [-0.05, 0) is 12.1 Å². The summed E-state index contributed by atoms with van der Waals surface area (Å²) in [6.07, 6.45) is 0. The molecule has 0 heterocycles. The molecule has 0 spiro atoms. The van der Waals surface area contributed by atoms with Crippen molar-refractivity contribution in [2.45, 2.75) is 15.3 Å². The highest BCUT2D eigenvalue weighted by atomic mass is 32.2. The largest absolute Gasteiger partial charge is 0.501 e. The van der Waals surface area contributed by atoms with Crippen LogP contribution in [0.15, 0.2) is 28.0 Å². The van der Waals surface area contributed by atoms with Gasteiger partial charge >= 0.3 is 5.51 Å². The predicted molar refractivity (Wildman–Crippen MR) is 66.3 cm³/mol. The molecule has 7 nitrogen and oxygen atoms in total. The summed E-state index contributed by atoms with van der Waals surface area (Å²) in [6.45, 7) is 0. The molecule has 0 fully saturated rings. The van der Waals surface area contributed by atoms with Crippen LogP contribution in [-0.2, 0) is 14.6 Å².